The maximum Gasteiger partial charge on any atom is 0.265 e. The summed E-state index contributed by atoms with van der Waals surface area (Å²) in [7, 11) is -3.53. The molecule has 0 aliphatic rings. The molecule has 1 N–H and O–H groups in total. The number of thiophene rings is 1. The lowest BCUT2D eigenvalue weighted by molar-refractivity contribution is 0.103. The van der Waals surface area contributed by atoms with Gasteiger partial charge in [-0.3, -0.25) is 9.10 Å². The first-order chi connectivity index (χ1) is 16.7. The van der Waals surface area contributed by atoms with Crippen LogP contribution in [-0.2, 0) is 23.0 Å². The van der Waals surface area contributed by atoms with E-state index >= 15 is 0 Å². The van der Waals surface area contributed by atoms with Crippen molar-refractivity contribution in [2.45, 2.75) is 32.7 Å². The Balaban J connectivity index is 1.54. The van der Waals surface area contributed by atoms with E-state index in [0.717, 1.165) is 40.6 Å². The first kappa shape index (κ1) is 25.2. The summed E-state index contributed by atoms with van der Waals surface area (Å²) in [6.45, 7) is 2.36. The molecule has 0 fully saturated rings. The number of nitrogens with zero attached hydrogens (tertiary/aromatic N) is 1. The molecule has 182 valence electrons. The van der Waals surface area contributed by atoms with Gasteiger partial charge in [-0.05, 0) is 77.9 Å². The van der Waals surface area contributed by atoms with Gasteiger partial charge in [0, 0.05) is 15.4 Å². The third-order valence-corrected chi connectivity index (χ3v) is 8.19. The van der Waals surface area contributed by atoms with E-state index in [1.165, 1.54) is 27.5 Å². The van der Waals surface area contributed by atoms with Crippen LogP contribution in [0.5, 0.6) is 0 Å². The highest BCUT2D eigenvalue weighted by molar-refractivity contribution is 7.92. The van der Waals surface area contributed by atoms with Gasteiger partial charge < -0.3 is 5.32 Å². The van der Waals surface area contributed by atoms with Gasteiger partial charge in [0.15, 0.2) is 0 Å². The van der Waals surface area contributed by atoms with Crippen LogP contribution >= 0.6 is 22.9 Å². The minimum Gasteiger partial charge on any atom is -0.321 e. The number of fused-ring (bicyclic) bond motifs is 1. The Bertz CT molecular complexity index is 1430. The fourth-order valence-corrected chi connectivity index (χ4v) is 5.73. The van der Waals surface area contributed by atoms with E-state index < -0.39 is 10.0 Å². The van der Waals surface area contributed by atoms with Crippen LogP contribution in [0.15, 0.2) is 72.8 Å². The van der Waals surface area contributed by atoms with E-state index in [-0.39, 0.29) is 12.5 Å². The number of hydrogen-bond acceptors (Lipinski definition) is 4. The Labute approximate surface area is 215 Å². The van der Waals surface area contributed by atoms with Crippen LogP contribution in [0, 0.1) is 0 Å². The Hall–Kier alpha value is -2.87. The molecule has 1 amide bonds. The van der Waals surface area contributed by atoms with Gasteiger partial charge in [-0.25, -0.2) is 8.42 Å². The molecule has 4 aromatic rings. The van der Waals surface area contributed by atoms with Crippen molar-refractivity contribution in [3.05, 3.63) is 93.8 Å². The summed E-state index contributed by atoms with van der Waals surface area (Å²) in [5, 5.41) is 4.37. The number of anilines is 2. The molecule has 0 bridgehead atoms. The molecule has 0 saturated carbocycles. The van der Waals surface area contributed by atoms with Crippen LogP contribution in [0.25, 0.3) is 10.1 Å². The summed E-state index contributed by atoms with van der Waals surface area (Å²) in [5.74, 6) is -0.185. The van der Waals surface area contributed by atoms with Crippen molar-refractivity contribution in [1.29, 1.82) is 0 Å². The van der Waals surface area contributed by atoms with Crippen LogP contribution < -0.4 is 9.62 Å². The van der Waals surface area contributed by atoms with Crippen molar-refractivity contribution < 1.29 is 13.2 Å². The van der Waals surface area contributed by atoms with Gasteiger partial charge >= 0.3 is 0 Å². The van der Waals surface area contributed by atoms with E-state index in [1.807, 2.05) is 48.5 Å². The smallest absolute Gasteiger partial charge is 0.265 e. The number of aryl methyl sites for hydroxylation is 1. The molecule has 0 unspecified atom stereocenters. The topological polar surface area (TPSA) is 66.5 Å². The molecule has 1 aromatic heterocycles. The first-order valence-corrected chi connectivity index (χ1v) is 14.4. The number of amides is 1. The molecule has 0 aliphatic heterocycles. The number of sulfonamides is 1. The van der Waals surface area contributed by atoms with E-state index in [0.29, 0.717) is 15.6 Å². The Morgan fingerprint density at radius 3 is 2.31 bits per heavy atom. The molecule has 5 nitrogen and oxygen atoms in total. The predicted octanol–water partition coefficient (Wildman–Crippen LogP) is 7.12. The van der Waals surface area contributed by atoms with Crippen molar-refractivity contribution >= 4 is 60.3 Å². The van der Waals surface area contributed by atoms with Crippen LogP contribution in [-0.4, -0.2) is 20.6 Å². The number of benzene rings is 3. The van der Waals surface area contributed by atoms with E-state index in [1.54, 1.807) is 24.3 Å². The fraction of sp³-hybridized carbons (Fsp3) is 0.222. The zero-order valence-electron chi connectivity index (χ0n) is 19.6. The molecule has 0 atom stereocenters. The maximum atomic E-state index is 12.9. The third-order valence-electron chi connectivity index (χ3n) is 5.68. The lowest BCUT2D eigenvalue weighted by Gasteiger charge is -2.22. The van der Waals surface area contributed by atoms with E-state index in [9.17, 15) is 13.2 Å². The molecule has 0 radical (unpaired) electrons. The van der Waals surface area contributed by atoms with Crippen LogP contribution in [0.3, 0.4) is 0 Å². The molecule has 4 rings (SSSR count). The summed E-state index contributed by atoms with van der Waals surface area (Å²) in [6, 6.07) is 22.3. The largest absolute Gasteiger partial charge is 0.321 e. The summed E-state index contributed by atoms with van der Waals surface area (Å²) >= 11 is 7.34. The molecule has 1 heterocycles. The number of carbonyl (C=O) groups is 1. The normalized spacial score (nSPS) is 11.5. The van der Waals surface area contributed by atoms with Gasteiger partial charge in [-0.2, -0.15) is 0 Å². The minimum atomic E-state index is -3.53. The SMILES string of the molecule is CCCCc1ccc(NC(=O)c2cc3cc(N(Cc4ccc(Cl)cc4)S(C)(=O)=O)ccc3s2)cc1. The number of unbranched alkanes of at least 4 members (excludes halogenated alkanes) is 1. The summed E-state index contributed by atoms with van der Waals surface area (Å²) in [4.78, 5) is 13.4. The monoisotopic (exact) mass is 526 g/mol. The van der Waals surface area contributed by atoms with Crippen LogP contribution in [0.2, 0.25) is 5.02 Å². The number of halogens is 1. The molecular weight excluding hydrogens is 500 g/mol. The molecule has 8 heteroatoms. The number of rotatable bonds is 9. The first-order valence-electron chi connectivity index (χ1n) is 11.4. The van der Waals surface area contributed by atoms with E-state index in [2.05, 4.69) is 12.2 Å². The zero-order chi connectivity index (χ0) is 25.0. The molecule has 35 heavy (non-hydrogen) atoms. The molecule has 0 spiro atoms. The average Bonchev–Trinajstić information content (AvgIpc) is 3.26. The highest BCUT2D eigenvalue weighted by Gasteiger charge is 2.19. The Morgan fingerprint density at radius 1 is 0.971 bits per heavy atom. The van der Waals surface area contributed by atoms with Gasteiger partial charge in [-0.1, -0.05) is 49.2 Å². The van der Waals surface area contributed by atoms with E-state index in [4.69, 9.17) is 11.6 Å². The lowest BCUT2D eigenvalue weighted by atomic mass is 10.1. The lowest BCUT2D eigenvalue weighted by Crippen LogP contribution is -2.29. The molecule has 3 aromatic carbocycles. The summed E-state index contributed by atoms with van der Waals surface area (Å²) < 4.78 is 27.4. The maximum absolute atomic E-state index is 12.9. The van der Waals surface area contributed by atoms with Gasteiger partial charge in [0.05, 0.1) is 23.4 Å². The second-order valence-electron chi connectivity index (χ2n) is 8.48. The number of hydrogen-bond donors (Lipinski definition) is 1. The molecular formula is C27H27ClN2O3S2. The summed E-state index contributed by atoms with van der Waals surface area (Å²) in [5.41, 5.74) is 3.38. The van der Waals surface area contributed by atoms with Crippen molar-refractivity contribution in [3.8, 4) is 0 Å². The second-order valence-corrected chi connectivity index (χ2v) is 11.9. The number of nitrogens with one attached hydrogen (secondary N) is 1. The Kier molecular flexibility index (Phi) is 7.79. The van der Waals surface area contributed by atoms with Crippen LogP contribution in [0.4, 0.5) is 11.4 Å². The molecule has 0 aliphatic carbocycles. The van der Waals surface area contributed by atoms with Crippen molar-refractivity contribution in [1.82, 2.24) is 0 Å². The standard InChI is InChI=1S/C27H27ClN2O3S2/c1-3-4-5-19-8-12-23(13-9-19)29-27(31)26-17-21-16-24(14-15-25(21)34-26)30(35(2,32)33)18-20-6-10-22(28)11-7-20/h6-17H,3-5,18H2,1-2H3,(H,29,31). The van der Waals surface area contributed by atoms with Gasteiger partial charge in [0.2, 0.25) is 10.0 Å². The number of carbonyl (C=O) groups excluding carboxylic acids is 1. The third kappa shape index (κ3) is 6.42. The fourth-order valence-electron chi connectivity index (χ4n) is 3.78. The highest BCUT2D eigenvalue weighted by atomic mass is 35.5. The molecule has 0 saturated heterocycles. The van der Waals surface area contributed by atoms with Gasteiger partial charge in [0.25, 0.3) is 5.91 Å². The highest BCUT2D eigenvalue weighted by Crippen LogP contribution is 2.31. The Morgan fingerprint density at radius 2 is 1.66 bits per heavy atom. The quantitative estimate of drug-likeness (QED) is 0.252. The average molecular weight is 527 g/mol. The zero-order valence-corrected chi connectivity index (χ0v) is 22.0. The second kappa shape index (κ2) is 10.8. The van der Waals surface area contributed by atoms with Crippen LogP contribution in [0.1, 0.15) is 40.6 Å². The van der Waals surface area contributed by atoms with Gasteiger partial charge in [-0.15, -0.1) is 11.3 Å². The van der Waals surface area contributed by atoms with Crippen molar-refractivity contribution in [2.24, 2.45) is 0 Å². The van der Waals surface area contributed by atoms with Crippen molar-refractivity contribution in [2.75, 3.05) is 15.9 Å². The minimum absolute atomic E-state index is 0.185. The van der Waals surface area contributed by atoms with Gasteiger partial charge in [0.1, 0.15) is 0 Å². The predicted molar refractivity (Wildman–Crippen MR) is 147 cm³/mol. The van der Waals surface area contributed by atoms with Crippen molar-refractivity contribution in [3.63, 3.8) is 0 Å². The summed E-state index contributed by atoms with van der Waals surface area (Å²) in [6.07, 6.45) is 4.51.